The Morgan fingerprint density at radius 2 is 2.13 bits per heavy atom. The van der Waals surface area contributed by atoms with Crippen LogP contribution in [0.5, 0.6) is 11.5 Å². The van der Waals surface area contributed by atoms with Gasteiger partial charge in [0.1, 0.15) is 0 Å². The van der Waals surface area contributed by atoms with E-state index in [-0.39, 0.29) is 17.1 Å². The molecule has 0 bridgehead atoms. The van der Waals surface area contributed by atoms with Crippen LogP contribution >= 0.6 is 0 Å². The molecular formula is C10H13F2NO2. The molecule has 3 N–H and O–H groups in total. The number of alkyl halides is 2. The van der Waals surface area contributed by atoms with Crippen LogP contribution < -0.4 is 10.5 Å². The van der Waals surface area contributed by atoms with E-state index in [1.165, 1.54) is 18.2 Å². The maximum Gasteiger partial charge on any atom is 0.257 e. The smallest absolute Gasteiger partial charge is 0.257 e. The van der Waals surface area contributed by atoms with Crippen LogP contribution in [0.4, 0.5) is 8.78 Å². The standard InChI is InChI=1S/C10H13F2NO2/c1-2-15-7-5-3-4-6(9(7)14)8(13)10(11)12/h3-5,8,10,14H,2,13H2,1H3/t8-/m1/s1. The van der Waals surface area contributed by atoms with Crippen molar-refractivity contribution >= 4 is 0 Å². The minimum atomic E-state index is -2.72. The summed E-state index contributed by atoms with van der Waals surface area (Å²) in [5.41, 5.74) is 5.23. The predicted molar refractivity (Wildman–Crippen MR) is 52.2 cm³/mol. The summed E-state index contributed by atoms with van der Waals surface area (Å²) in [6.07, 6.45) is -2.72. The van der Waals surface area contributed by atoms with Crippen LogP contribution in [0.3, 0.4) is 0 Å². The van der Waals surface area contributed by atoms with Crippen LogP contribution in [0.1, 0.15) is 18.5 Å². The number of nitrogens with two attached hydrogens (primary N) is 1. The highest BCUT2D eigenvalue weighted by Gasteiger charge is 2.22. The molecule has 0 amide bonds. The molecule has 1 atom stereocenters. The molecule has 0 aromatic heterocycles. The summed E-state index contributed by atoms with van der Waals surface area (Å²) in [6.45, 7) is 2.08. The first kappa shape index (κ1) is 11.7. The number of rotatable bonds is 4. The average Bonchev–Trinajstić information content (AvgIpc) is 2.20. The minimum Gasteiger partial charge on any atom is -0.504 e. The zero-order valence-corrected chi connectivity index (χ0v) is 8.28. The van der Waals surface area contributed by atoms with Gasteiger partial charge in [-0.15, -0.1) is 0 Å². The molecule has 1 aromatic rings. The normalized spacial score (nSPS) is 12.9. The molecule has 0 saturated carbocycles. The lowest BCUT2D eigenvalue weighted by Gasteiger charge is -2.14. The van der Waals surface area contributed by atoms with Gasteiger partial charge in [-0.05, 0) is 13.0 Å². The molecule has 0 heterocycles. The minimum absolute atomic E-state index is 0.00375. The molecule has 0 fully saturated rings. The number of para-hydroxylation sites is 1. The Morgan fingerprint density at radius 1 is 1.47 bits per heavy atom. The van der Waals surface area contributed by atoms with Crippen molar-refractivity contribution in [3.05, 3.63) is 23.8 Å². The molecule has 1 aromatic carbocycles. The third-order valence-corrected chi connectivity index (χ3v) is 1.96. The Bertz CT molecular complexity index is 331. The van der Waals surface area contributed by atoms with Crippen LogP contribution in [0, 0.1) is 0 Å². The first-order chi connectivity index (χ1) is 7.07. The Kier molecular flexibility index (Phi) is 3.85. The largest absolute Gasteiger partial charge is 0.504 e. The van der Waals surface area contributed by atoms with Gasteiger partial charge >= 0.3 is 0 Å². The van der Waals surface area contributed by atoms with Gasteiger partial charge in [-0.1, -0.05) is 12.1 Å². The first-order valence-corrected chi connectivity index (χ1v) is 4.56. The lowest BCUT2D eigenvalue weighted by Crippen LogP contribution is -2.19. The number of aromatic hydroxyl groups is 1. The van der Waals surface area contributed by atoms with Gasteiger partial charge < -0.3 is 15.6 Å². The van der Waals surface area contributed by atoms with E-state index in [4.69, 9.17) is 10.5 Å². The van der Waals surface area contributed by atoms with Crippen molar-refractivity contribution in [2.24, 2.45) is 5.73 Å². The fraction of sp³-hybridized carbons (Fsp3) is 0.400. The van der Waals surface area contributed by atoms with E-state index < -0.39 is 12.5 Å². The third kappa shape index (κ3) is 2.56. The van der Waals surface area contributed by atoms with Crippen molar-refractivity contribution < 1.29 is 18.6 Å². The van der Waals surface area contributed by atoms with Gasteiger partial charge in [0, 0.05) is 5.56 Å². The molecule has 0 radical (unpaired) electrons. The summed E-state index contributed by atoms with van der Waals surface area (Å²) in [4.78, 5) is 0. The van der Waals surface area contributed by atoms with E-state index >= 15 is 0 Å². The summed E-state index contributed by atoms with van der Waals surface area (Å²) < 4.78 is 29.7. The lowest BCUT2D eigenvalue weighted by molar-refractivity contribution is 0.115. The SMILES string of the molecule is CCOc1cccc([C@@H](N)C(F)F)c1O. The summed E-state index contributed by atoms with van der Waals surface area (Å²) in [6, 6.07) is 2.88. The van der Waals surface area contributed by atoms with Crippen molar-refractivity contribution in [1.29, 1.82) is 0 Å². The number of halogens is 2. The van der Waals surface area contributed by atoms with E-state index in [9.17, 15) is 13.9 Å². The third-order valence-electron chi connectivity index (χ3n) is 1.96. The Labute approximate surface area is 86.5 Å². The maximum absolute atomic E-state index is 12.3. The van der Waals surface area contributed by atoms with Gasteiger partial charge in [-0.25, -0.2) is 8.78 Å². The zero-order chi connectivity index (χ0) is 11.4. The van der Waals surface area contributed by atoms with Crippen molar-refractivity contribution in [2.45, 2.75) is 19.4 Å². The molecule has 0 aliphatic heterocycles. The molecule has 15 heavy (non-hydrogen) atoms. The fourth-order valence-electron chi connectivity index (χ4n) is 1.22. The van der Waals surface area contributed by atoms with E-state index in [0.29, 0.717) is 6.61 Å². The molecule has 0 aliphatic rings. The van der Waals surface area contributed by atoms with Crippen LogP contribution in [-0.4, -0.2) is 18.1 Å². The van der Waals surface area contributed by atoms with E-state index in [0.717, 1.165) is 0 Å². The van der Waals surface area contributed by atoms with E-state index in [1.54, 1.807) is 6.92 Å². The maximum atomic E-state index is 12.3. The number of phenols is 1. The van der Waals surface area contributed by atoms with Crippen molar-refractivity contribution in [3.8, 4) is 11.5 Å². The summed E-state index contributed by atoms with van der Waals surface area (Å²) in [7, 11) is 0. The molecule has 3 nitrogen and oxygen atoms in total. The van der Waals surface area contributed by atoms with Gasteiger partial charge in [0.25, 0.3) is 6.43 Å². The molecule has 0 unspecified atom stereocenters. The second-order valence-electron chi connectivity index (χ2n) is 2.99. The monoisotopic (exact) mass is 217 g/mol. The van der Waals surface area contributed by atoms with Crippen molar-refractivity contribution in [2.75, 3.05) is 6.61 Å². The van der Waals surface area contributed by atoms with E-state index in [1.807, 2.05) is 0 Å². The van der Waals surface area contributed by atoms with Gasteiger partial charge in [0.15, 0.2) is 11.5 Å². The molecular weight excluding hydrogens is 204 g/mol. The van der Waals surface area contributed by atoms with Gasteiger partial charge in [0.2, 0.25) is 0 Å². The van der Waals surface area contributed by atoms with Gasteiger partial charge in [-0.3, -0.25) is 0 Å². The Balaban J connectivity index is 3.03. The zero-order valence-electron chi connectivity index (χ0n) is 8.28. The second kappa shape index (κ2) is 4.93. The summed E-state index contributed by atoms with van der Waals surface area (Å²) in [5.74, 6) is -0.141. The highest BCUT2D eigenvalue weighted by atomic mass is 19.3. The topological polar surface area (TPSA) is 55.5 Å². The van der Waals surface area contributed by atoms with Gasteiger partial charge in [0.05, 0.1) is 12.6 Å². The lowest BCUT2D eigenvalue weighted by atomic mass is 10.1. The Morgan fingerprint density at radius 3 is 2.67 bits per heavy atom. The van der Waals surface area contributed by atoms with Crippen LogP contribution in [0.25, 0.3) is 0 Å². The molecule has 5 heteroatoms. The fourth-order valence-corrected chi connectivity index (χ4v) is 1.22. The number of benzene rings is 1. The summed E-state index contributed by atoms with van der Waals surface area (Å²) in [5, 5.41) is 9.60. The average molecular weight is 217 g/mol. The molecule has 0 aliphatic carbocycles. The number of phenolic OH excluding ortho intramolecular Hbond substituents is 1. The van der Waals surface area contributed by atoms with Gasteiger partial charge in [-0.2, -0.15) is 0 Å². The highest BCUT2D eigenvalue weighted by molar-refractivity contribution is 5.47. The number of hydrogen-bond donors (Lipinski definition) is 2. The van der Waals surface area contributed by atoms with Crippen LogP contribution in [0.2, 0.25) is 0 Å². The van der Waals surface area contributed by atoms with Crippen LogP contribution in [-0.2, 0) is 0 Å². The number of ether oxygens (including phenoxy) is 1. The molecule has 0 saturated heterocycles. The first-order valence-electron chi connectivity index (χ1n) is 4.56. The van der Waals surface area contributed by atoms with E-state index in [2.05, 4.69) is 0 Å². The van der Waals surface area contributed by atoms with Crippen molar-refractivity contribution in [3.63, 3.8) is 0 Å². The summed E-state index contributed by atoms with van der Waals surface area (Å²) >= 11 is 0. The van der Waals surface area contributed by atoms with Crippen molar-refractivity contribution in [1.82, 2.24) is 0 Å². The molecule has 84 valence electrons. The highest BCUT2D eigenvalue weighted by Crippen LogP contribution is 2.34. The molecule has 0 spiro atoms. The predicted octanol–water partition coefficient (Wildman–Crippen LogP) is 2.06. The molecule has 1 rings (SSSR count). The Hall–Kier alpha value is -1.36. The quantitative estimate of drug-likeness (QED) is 0.811. The van der Waals surface area contributed by atoms with Crippen LogP contribution in [0.15, 0.2) is 18.2 Å². The second-order valence-corrected chi connectivity index (χ2v) is 2.99. The number of hydrogen-bond acceptors (Lipinski definition) is 3.